The summed E-state index contributed by atoms with van der Waals surface area (Å²) in [5, 5.41) is 3.53. The molecule has 3 heteroatoms. The van der Waals surface area contributed by atoms with Crippen LogP contribution in [0.3, 0.4) is 0 Å². The first-order valence-electron chi connectivity index (χ1n) is 7.43. The fourth-order valence-electron chi connectivity index (χ4n) is 2.29. The van der Waals surface area contributed by atoms with E-state index in [1.54, 1.807) is 0 Å². The highest BCUT2D eigenvalue weighted by Gasteiger charge is 2.12. The lowest BCUT2D eigenvalue weighted by atomic mass is 9.98. The van der Waals surface area contributed by atoms with Gasteiger partial charge in [0.15, 0.2) is 0 Å². The van der Waals surface area contributed by atoms with Crippen molar-refractivity contribution < 1.29 is 9.13 Å². The number of hydrogen-bond donors (Lipinski definition) is 1. The number of ether oxygens (including phenoxy) is 1. The van der Waals surface area contributed by atoms with E-state index in [9.17, 15) is 4.39 Å². The van der Waals surface area contributed by atoms with Gasteiger partial charge in [0.25, 0.3) is 0 Å². The van der Waals surface area contributed by atoms with Gasteiger partial charge in [-0.3, -0.25) is 0 Å². The molecule has 1 unspecified atom stereocenters. The van der Waals surface area contributed by atoms with Crippen molar-refractivity contribution in [3.8, 4) is 0 Å². The minimum absolute atomic E-state index is 0.0772. The SMILES string of the molecule is CCOCCCNC(c1ccccc1)c1ccc(F)cc1. The van der Waals surface area contributed by atoms with Crippen molar-refractivity contribution >= 4 is 0 Å². The topological polar surface area (TPSA) is 21.3 Å². The molecule has 0 aromatic heterocycles. The summed E-state index contributed by atoms with van der Waals surface area (Å²) < 4.78 is 18.5. The second-order valence-electron chi connectivity index (χ2n) is 4.90. The standard InChI is InChI=1S/C18H22FNO/c1-2-21-14-6-13-20-18(15-7-4-3-5-8-15)16-9-11-17(19)12-10-16/h3-5,7-12,18,20H,2,6,13-14H2,1H3. The molecule has 2 aromatic carbocycles. The maximum atomic E-state index is 13.1. The molecule has 2 nitrogen and oxygen atoms in total. The van der Waals surface area contributed by atoms with E-state index < -0.39 is 0 Å². The minimum atomic E-state index is -0.207. The molecule has 0 spiro atoms. The summed E-state index contributed by atoms with van der Waals surface area (Å²) in [5.74, 6) is -0.207. The van der Waals surface area contributed by atoms with Crippen molar-refractivity contribution in [3.63, 3.8) is 0 Å². The van der Waals surface area contributed by atoms with E-state index in [1.165, 1.54) is 17.7 Å². The van der Waals surface area contributed by atoms with Crippen molar-refractivity contribution in [2.75, 3.05) is 19.8 Å². The van der Waals surface area contributed by atoms with Crippen LogP contribution in [-0.4, -0.2) is 19.8 Å². The van der Waals surface area contributed by atoms with Crippen LogP contribution in [0.25, 0.3) is 0 Å². The van der Waals surface area contributed by atoms with Gasteiger partial charge < -0.3 is 10.1 Å². The zero-order valence-electron chi connectivity index (χ0n) is 12.4. The van der Waals surface area contributed by atoms with Gasteiger partial charge in [0.05, 0.1) is 6.04 Å². The lowest BCUT2D eigenvalue weighted by Gasteiger charge is -2.20. The van der Waals surface area contributed by atoms with Gasteiger partial charge in [-0.05, 0) is 43.1 Å². The van der Waals surface area contributed by atoms with E-state index in [2.05, 4.69) is 17.4 Å². The highest BCUT2D eigenvalue weighted by molar-refractivity contribution is 5.31. The van der Waals surface area contributed by atoms with E-state index in [4.69, 9.17) is 4.74 Å². The summed E-state index contributed by atoms with van der Waals surface area (Å²) in [6, 6.07) is 17.0. The third-order valence-electron chi connectivity index (χ3n) is 3.35. The molecule has 0 aliphatic rings. The Balaban J connectivity index is 2.06. The fourth-order valence-corrected chi connectivity index (χ4v) is 2.29. The van der Waals surface area contributed by atoms with E-state index >= 15 is 0 Å². The minimum Gasteiger partial charge on any atom is -0.382 e. The molecule has 2 aromatic rings. The Morgan fingerprint density at radius 2 is 1.67 bits per heavy atom. The fraction of sp³-hybridized carbons (Fsp3) is 0.333. The molecule has 1 atom stereocenters. The molecule has 0 bridgehead atoms. The van der Waals surface area contributed by atoms with Crippen LogP contribution in [0.1, 0.15) is 30.5 Å². The van der Waals surface area contributed by atoms with Crippen LogP contribution in [0.15, 0.2) is 54.6 Å². The van der Waals surface area contributed by atoms with Crippen molar-refractivity contribution in [2.24, 2.45) is 0 Å². The monoisotopic (exact) mass is 287 g/mol. The Hall–Kier alpha value is -1.71. The lowest BCUT2D eigenvalue weighted by molar-refractivity contribution is 0.144. The van der Waals surface area contributed by atoms with E-state index in [0.717, 1.165) is 31.7 Å². The predicted octanol–water partition coefficient (Wildman–Crippen LogP) is 3.93. The van der Waals surface area contributed by atoms with Crippen LogP contribution in [-0.2, 0) is 4.74 Å². The molecular formula is C18H22FNO. The zero-order valence-corrected chi connectivity index (χ0v) is 12.4. The maximum absolute atomic E-state index is 13.1. The molecule has 0 amide bonds. The molecular weight excluding hydrogens is 265 g/mol. The van der Waals surface area contributed by atoms with Gasteiger partial charge in [-0.25, -0.2) is 4.39 Å². The number of hydrogen-bond acceptors (Lipinski definition) is 2. The zero-order chi connectivity index (χ0) is 14.9. The van der Waals surface area contributed by atoms with Crippen molar-refractivity contribution in [1.82, 2.24) is 5.32 Å². The van der Waals surface area contributed by atoms with Gasteiger partial charge in [-0.1, -0.05) is 42.5 Å². The number of halogens is 1. The first-order valence-corrected chi connectivity index (χ1v) is 7.43. The van der Waals surface area contributed by atoms with Crippen LogP contribution in [0, 0.1) is 5.82 Å². The van der Waals surface area contributed by atoms with Gasteiger partial charge in [0.1, 0.15) is 5.82 Å². The Labute approximate surface area is 126 Å². The number of rotatable bonds is 8. The molecule has 1 N–H and O–H groups in total. The molecule has 0 aliphatic heterocycles. The molecule has 0 saturated heterocycles. The summed E-state index contributed by atoms with van der Waals surface area (Å²) in [4.78, 5) is 0. The van der Waals surface area contributed by atoms with Crippen molar-refractivity contribution in [2.45, 2.75) is 19.4 Å². The molecule has 0 fully saturated rings. The van der Waals surface area contributed by atoms with Crippen LogP contribution in [0.2, 0.25) is 0 Å². The second-order valence-corrected chi connectivity index (χ2v) is 4.90. The van der Waals surface area contributed by atoms with Crippen LogP contribution in [0.4, 0.5) is 4.39 Å². The maximum Gasteiger partial charge on any atom is 0.123 e. The third kappa shape index (κ3) is 4.96. The number of nitrogens with one attached hydrogen (secondary N) is 1. The molecule has 112 valence electrons. The van der Waals surface area contributed by atoms with E-state index in [0.29, 0.717) is 0 Å². The summed E-state index contributed by atoms with van der Waals surface area (Å²) >= 11 is 0. The molecule has 0 aliphatic carbocycles. The van der Waals surface area contributed by atoms with Gasteiger partial charge >= 0.3 is 0 Å². The second kappa shape index (κ2) is 8.55. The molecule has 21 heavy (non-hydrogen) atoms. The predicted molar refractivity (Wildman–Crippen MR) is 83.8 cm³/mol. The summed E-state index contributed by atoms with van der Waals surface area (Å²) in [5.41, 5.74) is 2.25. The Morgan fingerprint density at radius 1 is 1.00 bits per heavy atom. The third-order valence-corrected chi connectivity index (χ3v) is 3.35. The van der Waals surface area contributed by atoms with Gasteiger partial charge in [-0.2, -0.15) is 0 Å². The molecule has 2 rings (SSSR count). The van der Waals surface area contributed by atoms with Gasteiger partial charge in [-0.15, -0.1) is 0 Å². The first-order chi connectivity index (χ1) is 10.3. The number of benzene rings is 2. The van der Waals surface area contributed by atoms with Crippen LogP contribution >= 0.6 is 0 Å². The van der Waals surface area contributed by atoms with Crippen LogP contribution in [0.5, 0.6) is 0 Å². The highest BCUT2D eigenvalue weighted by atomic mass is 19.1. The van der Waals surface area contributed by atoms with Crippen molar-refractivity contribution in [3.05, 3.63) is 71.5 Å². The van der Waals surface area contributed by atoms with E-state index in [-0.39, 0.29) is 11.9 Å². The quantitative estimate of drug-likeness (QED) is 0.743. The average molecular weight is 287 g/mol. The largest absolute Gasteiger partial charge is 0.382 e. The summed E-state index contributed by atoms with van der Waals surface area (Å²) in [7, 11) is 0. The Morgan fingerprint density at radius 3 is 2.33 bits per heavy atom. The molecule has 0 radical (unpaired) electrons. The normalized spacial score (nSPS) is 12.3. The first kappa shape index (κ1) is 15.7. The smallest absolute Gasteiger partial charge is 0.123 e. The van der Waals surface area contributed by atoms with Crippen molar-refractivity contribution in [1.29, 1.82) is 0 Å². The molecule has 0 heterocycles. The van der Waals surface area contributed by atoms with E-state index in [1.807, 2.05) is 37.3 Å². The summed E-state index contributed by atoms with van der Waals surface area (Å²) in [6.07, 6.45) is 0.957. The Bertz CT molecular complexity index is 513. The van der Waals surface area contributed by atoms with Crippen LogP contribution < -0.4 is 5.32 Å². The highest BCUT2D eigenvalue weighted by Crippen LogP contribution is 2.22. The average Bonchev–Trinajstić information content (AvgIpc) is 2.53. The summed E-state index contributed by atoms with van der Waals surface area (Å²) in [6.45, 7) is 4.37. The van der Waals surface area contributed by atoms with Gasteiger partial charge in [0, 0.05) is 13.2 Å². The van der Waals surface area contributed by atoms with Gasteiger partial charge in [0.2, 0.25) is 0 Å². The lowest BCUT2D eigenvalue weighted by Crippen LogP contribution is -2.24. The molecule has 0 saturated carbocycles. The Kier molecular flexibility index (Phi) is 6.38.